The van der Waals surface area contributed by atoms with Crippen LogP contribution in [0.2, 0.25) is 0 Å². The Hall–Kier alpha value is -2.23. The summed E-state index contributed by atoms with van der Waals surface area (Å²) in [4.78, 5) is 24.8. The third-order valence-electron chi connectivity index (χ3n) is 4.90. The second-order valence-corrected chi connectivity index (χ2v) is 9.80. The molecule has 0 spiro atoms. The van der Waals surface area contributed by atoms with Crippen LogP contribution in [0.15, 0.2) is 64.0 Å². The largest absolute Gasteiger partial charge is 0.355 e. The van der Waals surface area contributed by atoms with Crippen LogP contribution < -0.4 is 10.6 Å². The first kappa shape index (κ1) is 22.5. The van der Waals surface area contributed by atoms with Gasteiger partial charge in [0.2, 0.25) is 15.9 Å². The molecule has 9 heteroatoms. The third-order valence-corrected chi connectivity index (χ3v) is 7.35. The average Bonchev–Trinajstić information content (AvgIpc) is 3.25. The summed E-state index contributed by atoms with van der Waals surface area (Å²) in [6.45, 7) is 1.10. The molecule has 0 aliphatic carbocycles. The number of hydrogen-bond donors (Lipinski definition) is 2. The molecule has 2 aromatic carbocycles. The zero-order valence-corrected chi connectivity index (χ0v) is 18.8. The van der Waals surface area contributed by atoms with Crippen LogP contribution in [-0.4, -0.2) is 50.2 Å². The Morgan fingerprint density at radius 1 is 1.00 bits per heavy atom. The topological polar surface area (TPSA) is 95.6 Å². The van der Waals surface area contributed by atoms with Gasteiger partial charge in [0.05, 0.1) is 4.90 Å². The fourth-order valence-electron chi connectivity index (χ4n) is 3.34. The quantitative estimate of drug-likeness (QED) is 0.552. The summed E-state index contributed by atoms with van der Waals surface area (Å²) in [5, 5.41) is 5.60. The van der Waals surface area contributed by atoms with Crippen LogP contribution in [-0.2, 0) is 14.8 Å². The van der Waals surface area contributed by atoms with E-state index in [0.29, 0.717) is 44.5 Å². The molecule has 160 valence electrons. The number of amides is 2. The number of carbonyl (C=O) groups excluding carboxylic acids is 2. The minimum Gasteiger partial charge on any atom is -0.355 e. The highest BCUT2D eigenvalue weighted by Crippen LogP contribution is 2.27. The zero-order chi connectivity index (χ0) is 21.6. The Morgan fingerprint density at radius 2 is 1.67 bits per heavy atom. The lowest BCUT2D eigenvalue weighted by Crippen LogP contribution is -2.46. The molecular weight excluding hydrogens is 470 g/mol. The van der Waals surface area contributed by atoms with Crippen molar-refractivity contribution < 1.29 is 18.0 Å². The second-order valence-electron chi connectivity index (χ2n) is 6.99. The van der Waals surface area contributed by atoms with Crippen molar-refractivity contribution >= 4 is 37.8 Å². The molecule has 0 unspecified atom stereocenters. The van der Waals surface area contributed by atoms with Gasteiger partial charge in [0, 0.05) is 29.7 Å². The highest BCUT2D eigenvalue weighted by molar-refractivity contribution is 9.10. The molecule has 1 saturated heterocycles. The van der Waals surface area contributed by atoms with Crippen molar-refractivity contribution in [3.63, 3.8) is 0 Å². The molecule has 2 N–H and O–H groups in total. The summed E-state index contributed by atoms with van der Waals surface area (Å²) >= 11 is 3.30. The maximum absolute atomic E-state index is 12.9. The van der Waals surface area contributed by atoms with E-state index in [1.165, 1.54) is 16.4 Å². The SMILES string of the molecule is O=C(NCCCNC(=O)[C@@H]1CCCN1S(=O)(=O)c1ccc(Br)cc1)c1ccccc1. The molecule has 0 bridgehead atoms. The Morgan fingerprint density at radius 3 is 2.37 bits per heavy atom. The van der Waals surface area contributed by atoms with Crippen molar-refractivity contribution in [1.29, 1.82) is 0 Å². The summed E-state index contributed by atoms with van der Waals surface area (Å²) in [6, 6.07) is 14.6. The maximum Gasteiger partial charge on any atom is 0.251 e. The number of hydrogen-bond acceptors (Lipinski definition) is 4. The summed E-state index contributed by atoms with van der Waals surface area (Å²) < 4.78 is 27.9. The van der Waals surface area contributed by atoms with Crippen LogP contribution in [0, 0.1) is 0 Å². The van der Waals surface area contributed by atoms with Crippen molar-refractivity contribution in [3.05, 3.63) is 64.6 Å². The van der Waals surface area contributed by atoms with Crippen molar-refractivity contribution in [2.24, 2.45) is 0 Å². The minimum atomic E-state index is -3.73. The molecule has 1 fully saturated rings. The fourth-order valence-corrected chi connectivity index (χ4v) is 5.26. The normalized spacial score (nSPS) is 16.9. The van der Waals surface area contributed by atoms with Crippen molar-refractivity contribution in [2.45, 2.75) is 30.2 Å². The molecule has 3 rings (SSSR count). The predicted molar refractivity (Wildman–Crippen MR) is 117 cm³/mol. The third kappa shape index (κ3) is 5.47. The lowest BCUT2D eigenvalue weighted by atomic mass is 10.2. The number of halogens is 1. The number of nitrogens with one attached hydrogen (secondary N) is 2. The van der Waals surface area contributed by atoms with E-state index in [4.69, 9.17) is 0 Å². The molecule has 1 heterocycles. The van der Waals surface area contributed by atoms with Gasteiger partial charge in [-0.25, -0.2) is 8.42 Å². The van der Waals surface area contributed by atoms with Crippen molar-refractivity contribution in [3.8, 4) is 0 Å². The monoisotopic (exact) mass is 493 g/mol. The number of benzene rings is 2. The Bertz CT molecular complexity index is 981. The highest BCUT2D eigenvalue weighted by atomic mass is 79.9. The van der Waals surface area contributed by atoms with Crippen molar-refractivity contribution in [1.82, 2.24) is 14.9 Å². The molecule has 7 nitrogen and oxygen atoms in total. The summed E-state index contributed by atoms with van der Waals surface area (Å²) in [7, 11) is -3.73. The average molecular weight is 494 g/mol. The van der Waals surface area contributed by atoms with Gasteiger partial charge in [-0.05, 0) is 55.7 Å². The van der Waals surface area contributed by atoms with Crippen LogP contribution in [0.5, 0.6) is 0 Å². The molecule has 2 amide bonds. The van der Waals surface area contributed by atoms with Crippen LogP contribution >= 0.6 is 15.9 Å². The van der Waals surface area contributed by atoms with E-state index >= 15 is 0 Å². The van der Waals surface area contributed by atoms with E-state index in [2.05, 4.69) is 26.6 Å². The molecular formula is C21H24BrN3O4S. The van der Waals surface area contributed by atoms with E-state index in [1.807, 2.05) is 6.07 Å². The second kappa shape index (κ2) is 10.2. The maximum atomic E-state index is 12.9. The Labute approximate surface area is 185 Å². The van der Waals surface area contributed by atoms with E-state index < -0.39 is 16.1 Å². The van der Waals surface area contributed by atoms with E-state index in [-0.39, 0.29) is 16.7 Å². The molecule has 1 aliphatic rings. The summed E-state index contributed by atoms with van der Waals surface area (Å²) in [5.41, 5.74) is 0.585. The van der Waals surface area contributed by atoms with Crippen molar-refractivity contribution in [2.75, 3.05) is 19.6 Å². The van der Waals surface area contributed by atoms with Gasteiger partial charge in [0.25, 0.3) is 5.91 Å². The van der Waals surface area contributed by atoms with E-state index in [9.17, 15) is 18.0 Å². The number of carbonyl (C=O) groups is 2. The lowest BCUT2D eigenvalue weighted by molar-refractivity contribution is -0.124. The van der Waals surface area contributed by atoms with Gasteiger partial charge in [0.1, 0.15) is 6.04 Å². The smallest absolute Gasteiger partial charge is 0.251 e. The van der Waals surface area contributed by atoms with Gasteiger partial charge < -0.3 is 10.6 Å². The number of nitrogens with zero attached hydrogens (tertiary/aromatic N) is 1. The molecule has 30 heavy (non-hydrogen) atoms. The van der Waals surface area contributed by atoms with Gasteiger partial charge in [-0.15, -0.1) is 0 Å². The highest BCUT2D eigenvalue weighted by Gasteiger charge is 2.39. The molecule has 2 aromatic rings. The van der Waals surface area contributed by atoms with Crippen LogP contribution in [0.3, 0.4) is 0 Å². The van der Waals surface area contributed by atoms with Gasteiger partial charge in [-0.2, -0.15) is 4.31 Å². The molecule has 1 aliphatic heterocycles. The minimum absolute atomic E-state index is 0.163. The molecule has 0 aromatic heterocycles. The van der Waals surface area contributed by atoms with Gasteiger partial charge in [-0.1, -0.05) is 34.1 Å². The number of rotatable bonds is 8. The van der Waals surface area contributed by atoms with Gasteiger partial charge in [-0.3, -0.25) is 9.59 Å². The first-order chi connectivity index (χ1) is 14.4. The standard InChI is InChI=1S/C21H24BrN3O4S/c22-17-9-11-18(12-10-17)30(28,29)25-15-4-8-19(25)21(27)24-14-5-13-23-20(26)16-6-2-1-3-7-16/h1-3,6-7,9-12,19H,4-5,8,13-15H2,(H,23,26)(H,24,27)/t19-/m0/s1. The first-order valence-electron chi connectivity index (χ1n) is 9.78. The van der Waals surface area contributed by atoms with Crippen LogP contribution in [0.25, 0.3) is 0 Å². The first-order valence-corrected chi connectivity index (χ1v) is 12.0. The molecule has 1 atom stereocenters. The summed E-state index contributed by atoms with van der Waals surface area (Å²) in [6.07, 6.45) is 1.68. The predicted octanol–water partition coefficient (Wildman–Crippen LogP) is 2.54. The molecule has 0 radical (unpaired) electrons. The van der Waals surface area contributed by atoms with Gasteiger partial charge in [0.15, 0.2) is 0 Å². The van der Waals surface area contributed by atoms with E-state index in [0.717, 1.165) is 4.47 Å². The number of sulfonamides is 1. The van der Waals surface area contributed by atoms with E-state index in [1.54, 1.807) is 36.4 Å². The van der Waals surface area contributed by atoms with Crippen LogP contribution in [0.4, 0.5) is 0 Å². The fraction of sp³-hybridized carbons (Fsp3) is 0.333. The molecule has 0 saturated carbocycles. The van der Waals surface area contributed by atoms with Gasteiger partial charge >= 0.3 is 0 Å². The lowest BCUT2D eigenvalue weighted by Gasteiger charge is -2.23. The zero-order valence-electron chi connectivity index (χ0n) is 16.4. The Kier molecular flexibility index (Phi) is 7.63. The Balaban J connectivity index is 1.49. The summed E-state index contributed by atoms with van der Waals surface area (Å²) in [5.74, 6) is -0.466. The van der Waals surface area contributed by atoms with Crippen LogP contribution in [0.1, 0.15) is 29.6 Å².